The van der Waals surface area contributed by atoms with Gasteiger partial charge in [0.2, 0.25) is 0 Å². The van der Waals surface area contributed by atoms with E-state index in [0.717, 1.165) is 35.7 Å². The molecule has 10 heteroatoms. The highest BCUT2D eigenvalue weighted by molar-refractivity contribution is 6.04. The predicted octanol–water partition coefficient (Wildman–Crippen LogP) is 2.47. The number of esters is 1. The van der Waals surface area contributed by atoms with Gasteiger partial charge in [-0.3, -0.25) is 14.7 Å². The van der Waals surface area contributed by atoms with E-state index in [-0.39, 0.29) is 42.0 Å². The number of aromatic amines is 1. The Kier molecular flexibility index (Phi) is 6.77. The number of ether oxygens (including phenoxy) is 3. The van der Waals surface area contributed by atoms with Crippen molar-refractivity contribution in [2.45, 2.75) is 45.3 Å². The number of hydrogen-bond donors (Lipinski definition) is 1. The van der Waals surface area contributed by atoms with Crippen LogP contribution in [0.3, 0.4) is 0 Å². The zero-order valence-corrected chi connectivity index (χ0v) is 20.5. The first kappa shape index (κ1) is 24.1. The average Bonchev–Trinajstić information content (AvgIpc) is 3.17. The molecule has 10 nitrogen and oxygen atoms in total. The number of fused-ring (bicyclic) bond motifs is 2. The van der Waals surface area contributed by atoms with Gasteiger partial charge in [0.25, 0.3) is 11.5 Å². The molecule has 0 bridgehead atoms. The second kappa shape index (κ2) is 10.1. The van der Waals surface area contributed by atoms with Crippen LogP contribution < -0.4 is 10.3 Å². The number of aromatic nitrogens is 3. The van der Waals surface area contributed by atoms with Gasteiger partial charge in [-0.05, 0) is 38.3 Å². The van der Waals surface area contributed by atoms with E-state index in [4.69, 9.17) is 14.2 Å². The van der Waals surface area contributed by atoms with Gasteiger partial charge in [0, 0.05) is 49.8 Å². The van der Waals surface area contributed by atoms with E-state index in [1.54, 1.807) is 4.90 Å². The Bertz CT molecular complexity index is 1350. The molecule has 1 fully saturated rings. The predicted molar refractivity (Wildman–Crippen MR) is 132 cm³/mol. The lowest BCUT2D eigenvalue weighted by atomic mass is 10.1. The number of rotatable bonds is 5. The van der Waals surface area contributed by atoms with E-state index in [1.807, 2.05) is 25.1 Å². The normalized spacial score (nSPS) is 17.9. The molecule has 2 aliphatic heterocycles. The van der Waals surface area contributed by atoms with E-state index in [1.165, 1.54) is 17.7 Å². The molecule has 3 aromatic rings. The van der Waals surface area contributed by atoms with E-state index >= 15 is 0 Å². The van der Waals surface area contributed by atoms with E-state index in [9.17, 15) is 14.4 Å². The summed E-state index contributed by atoms with van der Waals surface area (Å²) in [5.74, 6) is -0.606. The number of methoxy groups -OCH3 is 1. The SMILES string of the molecule is COC(=O)c1c(OCC2CCCCO2)cc(=O)n2c1CCN(C(=O)c1n[nH]c3ccc(C)cc13)CC2. The third kappa shape index (κ3) is 4.60. The van der Waals surface area contributed by atoms with Crippen LogP contribution in [-0.4, -0.2) is 71.1 Å². The van der Waals surface area contributed by atoms with Crippen molar-refractivity contribution in [1.82, 2.24) is 19.7 Å². The minimum atomic E-state index is -0.577. The molecule has 0 aliphatic carbocycles. The lowest BCUT2D eigenvalue weighted by Crippen LogP contribution is -2.34. The lowest BCUT2D eigenvalue weighted by Gasteiger charge is -2.24. The molecular weight excluding hydrogens is 464 g/mol. The highest BCUT2D eigenvalue weighted by Crippen LogP contribution is 2.26. The molecule has 2 aliphatic rings. The summed E-state index contributed by atoms with van der Waals surface area (Å²) in [4.78, 5) is 41.0. The van der Waals surface area contributed by atoms with Gasteiger partial charge < -0.3 is 23.7 Å². The zero-order valence-electron chi connectivity index (χ0n) is 20.5. The summed E-state index contributed by atoms with van der Waals surface area (Å²) in [6, 6.07) is 7.12. The fourth-order valence-corrected chi connectivity index (χ4v) is 4.95. The highest BCUT2D eigenvalue weighted by atomic mass is 16.5. The maximum absolute atomic E-state index is 13.4. The second-order valence-corrected chi connectivity index (χ2v) is 9.27. The molecule has 0 radical (unpaired) electrons. The number of hydrogen-bond acceptors (Lipinski definition) is 7. The second-order valence-electron chi connectivity index (χ2n) is 9.27. The van der Waals surface area contributed by atoms with Crippen molar-refractivity contribution in [3.8, 4) is 5.75 Å². The van der Waals surface area contributed by atoms with Gasteiger partial charge in [-0.25, -0.2) is 4.79 Å². The quantitative estimate of drug-likeness (QED) is 0.542. The first-order chi connectivity index (χ1) is 17.5. The summed E-state index contributed by atoms with van der Waals surface area (Å²) in [6.45, 7) is 3.77. The van der Waals surface area contributed by atoms with Crippen molar-refractivity contribution >= 4 is 22.8 Å². The topological polar surface area (TPSA) is 116 Å². The average molecular weight is 495 g/mol. The summed E-state index contributed by atoms with van der Waals surface area (Å²) in [5, 5.41) is 7.94. The number of pyridine rings is 1. The fourth-order valence-electron chi connectivity index (χ4n) is 4.95. The largest absolute Gasteiger partial charge is 0.490 e. The molecule has 1 saturated heterocycles. The molecule has 1 amide bonds. The molecule has 36 heavy (non-hydrogen) atoms. The van der Waals surface area contributed by atoms with E-state index < -0.39 is 5.97 Å². The zero-order chi connectivity index (χ0) is 25.2. The Morgan fingerprint density at radius 2 is 2.06 bits per heavy atom. The first-order valence-corrected chi connectivity index (χ1v) is 12.3. The Morgan fingerprint density at radius 3 is 2.83 bits per heavy atom. The third-order valence-corrected chi connectivity index (χ3v) is 6.89. The third-order valence-electron chi connectivity index (χ3n) is 6.89. The maximum Gasteiger partial charge on any atom is 0.343 e. The summed E-state index contributed by atoms with van der Waals surface area (Å²) < 4.78 is 18.3. The van der Waals surface area contributed by atoms with Crippen LogP contribution >= 0.6 is 0 Å². The van der Waals surface area contributed by atoms with E-state index in [2.05, 4.69) is 10.2 Å². The number of nitrogens with one attached hydrogen (secondary N) is 1. The molecule has 1 atom stereocenters. The molecule has 2 aromatic heterocycles. The van der Waals surface area contributed by atoms with Crippen molar-refractivity contribution in [2.75, 3.05) is 33.4 Å². The van der Waals surface area contributed by atoms with Gasteiger partial charge >= 0.3 is 5.97 Å². The molecule has 1 unspecified atom stereocenters. The Balaban J connectivity index is 1.42. The molecule has 0 saturated carbocycles. The first-order valence-electron chi connectivity index (χ1n) is 12.3. The number of carbonyl (C=O) groups excluding carboxylic acids is 2. The molecule has 190 valence electrons. The number of benzene rings is 1. The van der Waals surface area contributed by atoms with Crippen LogP contribution in [0.15, 0.2) is 29.1 Å². The van der Waals surface area contributed by atoms with Gasteiger partial charge in [0.1, 0.15) is 17.9 Å². The monoisotopic (exact) mass is 494 g/mol. The number of nitrogens with zero attached hydrogens (tertiary/aromatic N) is 3. The van der Waals surface area contributed by atoms with Crippen LogP contribution in [0.1, 0.15) is 51.4 Å². The summed E-state index contributed by atoms with van der Waals surface area (Å²) in [6.07, 6.45) is 3.16. The van der Waals surface area contributed by atoms with Crippen LogP contribution in [-0.2, 0) is 22.4 Å². The van der Waals surface area contributed by atoms with Crippen LogP contribution in [0.25, 0.3) is 10.9 Å². The maximum atomic E-state index is 13.4. The minimum absolute atomic E-state index is 0.0776. The van der Waals surface area contributed by atoms with Crippen molar-refractivity contribution in [2.24, 2.45) is 0 Å². The molecule has 1 N–H and O–H groups in total. The van der Waals surface area contributed by atoms with Crippen LogP contribution in [0.5, 0.6) is 5.75 Å². The molecule has 5 rings (SSSR count). The fraction of sp³-hybridized carbons (Fsp3) is 0.462. The molecule has 1 aromatic carbocycles. The lowest BCUT2D eigenvalue weighted by molar-refractivity contribution is -0.0114. The highest BCUT2D eigenvalue weighted by Gasteiger charge is 2.29. The van der Waals surface area contributed by atoms with E-state index in [0.29, 0.717) is 37.5 Å². The van der Waals surface area contributed by atoms with Gasteiger partial charge in [-0.15, -0.1) is 0 Å². The standard InChI is InChI=1S/C26H30N4O6/c1-16-6-7-19-18(13-16)24(28-27-19)25(32)29-9-8-20-23(26(33)34-2)21(14-22(31)30(20)11-10-29)36-15-17-5-3-4-12-35-17/h6-7,13-14,17H,3-5,8-12,15H2,1-2H3,(H,27,28). The minimum Gasteiger partial charge on any atom is -0.490 e. The Hall–Kier alpha value is -3.66. The molecular formula is C26H30N4O6. The van der Waals surface area contributed by atoms with Crippen LogP contribution in [0, 0.1) is 6.92 Å². The molecule has 0 spiro atoms. The number of carbonyl (C=O) groups is 2. The number of H-pyrrole nitrogens is 1. The number of aryl methyl sites for hydroxylation is 1. The smallest absolute Gasteiger partial charge is 0.343 e. The number of amides is 1. The van der Waals surface area contributed by atoms with Crippen molar-refractivity contribution in [3.63, 3.8) is 0 Å². The van der Waals surface area contributed by atoms with Crippen molar-refractivity contribution in [3.05, 3.63) is 57.1 Å². The Labute approximate surface area is 208 Å². The molecule has 4 heterocycles. The van der Waals surface area contributed by atoms with Crippen LogP contribution in [0.2, 0.25) is 0 Å². The van der Waals surface area contributed by atoms with Gasteiger partial charge in [0.15, 0.2) is 5.69 Å². The van der Waals surface area contributed by atoms with Gasteiger partial charge in [-0.2, -0.15) is 5.10 Å². The van der Waals surface area contributed by atoms with Gasteiger partial charge in [-0.1, -0.05) is 11.6 Å². The van der Waals surface area contributed by atoms with Crippen molar-refractivity contribution < 1.29 is 23.8 Å². The van der Waals surface area contributed by atoms with Gasteiger partial charge in [0.05, 0.1) is 18.7 Å². The van der Waals surface area contributed by atoms with Crippen LogP contribution in [0.4, 0.5) is 0 Å². The summed E-state index contributed by atoms with van der Waals surface area (Å²) >= 11 is 0. The summed E-state index contributed by atoms with van der Waals surface area (Å²) in [7, 11) is 1.30. The summed E-state index contributed by atoms with van der Waals surface area (Å²) in [5.41, 5.74) is 2.61. The van der Waals surface area contributed by atoms with Crippen molar-refractivity contribution in [1.29, 1.82) is 0 Å². The Morgan fingerprint density at radius 1 is 1.19 bits per heavy atom.